The van der Waals surface area contributed by atoms with Crippen LogP contribution >= 0.6 is 11.3 Å². The molecule has 0 spiro atoms. The molecule has 0 saturated carbocycles. The average molecular weight is 987 g/mol. The number of para-hydroxylation sites is 2. The lowest BCUT2D eigenvalue weighted by Crippen LogP contribution is -2.61. The Morgan fingerprint density at radius 2 is 1.09 bits per heavy atom. The van der Waals surface area contributed by atoms with Crippen molar-refractivity contribution in [2.75, 3.05) is 14.7 Å². The summed E-state index contributed by atoms with van der Waals surface area (Å²) in [5.41, 5.74) is 21.1. The fraction of sp³-hybridized carbons (Fsp3) is 0.304. The molecule has 370 valence electrons. The highest BCUT2D eigenvalue weighted by Crippen LogP contribution is 2.56. The molecule has 0 fully saturated rings. The van der Waals surface area contributed by atoms with Gasteiger partial charge >= 0.3 is 0 Å². The molecule has 74 heavy (non-hydrogen) atoms. The minimum absolute atomic E-state index is 0.0157. The summed E-state index contributed by atoms with van der Waals surface area (Å²) in [7, 11) is 0. The van der Waals surface area contributed by atoms with Crippen molar-refractivity contribution in [2.45, 2.75) is 136 Å². The first-order chi connectivity index (χ1) is 36.3. The number of rotatable bonds is 5. The largest absolute Gasteiger partial charge is 0.311 e. The van der Waals surface area contributed by atoms with Crippen LogP contribution in [-0.4, -0.2) is 6.71 Å². The molecule has 9 aromatic rings. The molecule has 3 nitrogen and oxygen atoms in total. The van der Waals surface area contributed by atoms with Gasteiger partial charge in [0.1, 0.15) is 0 Å². The lowest BCUT2D eigenvalue weighted by Gasteiger charge is -2.46. The number of anilines is 9. The van der Waals surface area contributed by atoms with Gasteiger partial charge < -0.3 is 14.7 Å². The third kappa shape index (κ3) is 7.04. The summed E-state index contributed by atoms with van der Waals surface area (Å²) in [4.78, 5) is 7.31. The van der Waals surface area contributed by atoms with Gasteiger partial charge in [0.2, 0.25) is 0 Å². The number of benzene rings is 8. The Bertz CT molecular complexity index is 3880. The first-order valence-electron chi connectivity index (χ1n) is 28.5. The number of nitrogens with zero attached hydrogens (tertiary/aromatic N) is 3. The number of hydrogen-bond acceptors (Lipinski definition) is 4. The summed E-state index contributed by atoms with van der Waals surface area (Å²) in [5, 5.41) is 2.43. The van der Waals surface area contributed by atoms with Crippen molar-refractivity contribution in [1.82, 2.24) is 0 Å². The molecule has 13 rings (SSSR count). The maximum absolute atomic E-state index is 9.37. The molecular weight excluding hydrogens is 914 g/mol. The molecule has 5 heteroatoms. The highest BCUT2D eigenvalue weighted by molar-refractivity contribution is 7.26. The van der Waals surface area contributed by atoms with Crippen molar-refractivity contribution in [2.24, 2.45) is 0 Å². The SMILES string of the molecule is [2H]C([2H])([2H])c1cc2c3c(c1)N(c1cccc4c1sc1cc(C(C)(C)C)ccc14)c1cc(N(c4ccccc4)c4ccccc4)ccc1B3c1cc3c(cc1N2c1cc2c(cc1C)C(C)(C)CCC2(C)C)C(C)(C)CC3(C)C. The summed E-state index contributed by atoms with van der Waals surface area (Å²) in [6.07, 6.45) is 3.25. The van der Waals surface area contributed by atoms with Crippen LogP contribution in [0.2, 0.25) is 0 Å². The number of aryl methyl sites for hydroxylation is 2. The molecule has 0 bridgehead atoms. The maximum Gasteiger partial charge on any atom is 0.252 e. The number of hydrogen-bond donors (Lipinski definition) is 0. The van der Waals surface area contributed by atoms with E-state index in [0.717, 1.165) is 75.9 Å². The summed E-state index contributed by atoms with van der Waals surface area (Å²) in [6, 6.07) is 56.2. The van der Waals surface area contributed by atoms with Crippen LogP contribution in [0.15, 0.2) is 152 Å². The molecule has 8 aromatic carbocycles. The molecule has 0 amide bonds. The third-order valence-electron chi connectivity index (χ3n) is 17.8. The lowest BCUT2D eigenvalue weighted by molar-refractivity contribution is 0.332. The topological polar surface area (TPSA) is 9.72 Å². The van der Waals surface area contributed by atoms with E-state index in [1.807, 2.05) is 23.5 Å². The van der Waals surface area contributed by atoms with E-state index in [1.54, 1.807) is 0 Å². The molecule has 0 unspecified atom stereocenters. The molecular formula is C69H70BN3S. The normalized spacial score (nSPS) is 18.2. The fourth-order valence-corrected chi connectivity index (χ4v) is 15.3. The minimum Gasteiger partial charge on any atom is -0.311 e. The second-order valence-electron chi connectivity index (χ2n) is 25.9. The Morgan fingerprint density at radius 3 is 1.73 bits per heavy atom. The van der Waals surface area contributed by atoms with Crippen molar-refractivity contribution in [1.29, 1.82) is 0 Å². The first-order valence-corrected chi connectivity index (χ1v) is 27.8. The van der Waals surface area contributed by atoms with Crippen molar-refractivity contribution >= 4 is 106 Å². The van der Waals surface area contributed by atoms with Crippen molar-refractivity contribution in [3.63, 3.8) is 0 Å². The zero-order chi connectivity index (χ0) is 54.1. The summed E-state index contributed by atoms with van der Waals surface area (Å²) in [6.45, 7) is 25.8. The van der Waals surface area contributed by atoms with E-state index in [4.69, 9.17) is 0 Å². The third-order valence-corrected chi connectivity index (χ3v) is 19.0. The smallest absolute Gasteiger partial charge is 0.252 e. The van der Waals surface area contributed by atoms with Crippen molar-refractivity contribution in [3.05, 3.63) is 191 Å². The molecule has 0 saturated heterocycles. The monoisotopic (exact) mass is 987 g/mol. The van der Waals surface area contributed by atoms with E-state index in [-0.39, 0.29) is 33.8 Å². The fourth-order valence-electron chi connectivity index (χ4n) is 14.1. The highest BCUT2D eigenvalue weighted by Gasteiger charge is 2.49. The van der Waals surface area contributed by atoms with E-state index < -0.39 is 6.85 Å². The van der Waals surface area contributed by atoms with Gasteiger partial charge in [-0.15, -0.1) is 11.3 Å². The second-order valence-corrected chi connectivity index (χ2v) is 26.9. The summed E-state index contributed by atoms with van der Waals surface area (Å²) in [5.74, 6) is 0. The van der Waals surface area contributed by atoms with E-state index in [2.05, 4.69) is 237 Å². The zero-order valence-electron chi connectivity index (χ0n) is 48.4. The van der Waals surface area contributed by atoms with Gasteiger partial charge in [-0.05, 0) is 188 Å². The molecule has 0 atom stereocenters. The molecule has 0 N–H and O–H groups in total. The molecule has 3 heterocycles. The van der Waals surface area contributed by atoms with Gasteiger partial charge in [0.15, 0.2) is 0 Å². The van der Waals surface area contributed by atoms with Crippen LogP contribution in [0.4, 0.5) is 51.2 Å². The summed E-state index contributed by atoms with van der Waals surface area (Å²) >= 11 is 1.84. The lowest BCUT2D eigenvalue weighted by atomic mass is 9.33. The highest BCUT2D eigenvalue weighted by atomic mass is 32.1. The van der Waals surface area contributed by atoms with Crippen LogP contribution in [-0.2, 0) is 27.1 Å². The Kier molecular flexibility index (Phi) is 9.46. The Labute approximate surface area is 449 Å². The van der Waals surface area contributed by atoms with Crippen LogP contribution in [0.1, 0.15) is 138 Å². The van der Waals surface area contributed by atoms with Gasteiger partial charge in [0.05, 0.1) is 10.4 Å². The zero-order valence-corrected chi connectivity index (χ0v) is 46.2. The van der Waals surface area contributed by atoms with Crippen LogP contribution in [0.25, 0.3) is 20.2 Å². The van der Waals surface area contributed by atoms with E-state index >= 15 is 0 Å². The Morgan fingerprint density at radius 1 is 0.514 bits per heavy atom. The maximum atomic E-state index is 9.37. The van der Waals surface area contributed by atoms with Gasteiger partial charge in [0, 0.05) is 65.1 Å². The van der Waals surface area contributed by atoms with Gasteiger partial charge in [-0.3, -0.25) is 0 Å². The quantitative estimate of drug-likeness (QED) is 0.159. The number of thiophene rings is 1. The predicted molar refractivity (Wildman–Crippen MR) is 322 cm³/mol. The van der Waals surface area contributed by atoms with E-state index in [1.165, 1.54) is 64.5 Å². The second kappa shape index (κ2) is 16.0. The van der Waals surface area contributed by atoms with Crippen molar-refractivity contribution < 1.29 is 4.11 Å². The molecule has 2 aliphatic heterocycles. The molecule has 0 radical (unpaired) electrons. The van der Waals surface area contributed by atoms with Crippen molar-refractivity contribution in [3.8, 4) is 0 Å². The van der Waals surface area contributed by atoms with Crippen LogP contribution in [0.3, 0.4) is 0 Å². The van der Waals surface area contributed by atoms with Gasteiger partial charge in [-0.2, -0.15) is 0 Å². The van der Waals surface area contributed by atoms with Gasteiger partial charge in [-0.25, -0.2) is 0 Å². The molecule has 2 aliphatic carbocycles. The number of fused-ring (bicyclic) bond motifs is 9. The average Bonchev–Trinajstić information content (AvgIpc) is 4.08. The molecule has 4 aliphatic rings. The minimum atomic E-state index is -2.41. The van der Waals surface area contributed by atoms with Crippen LogP contribution in [0, 0.1) is 13.8 Å². The first kappa shape index (κ1) is 43.8. The van der Waals surface area contributed by atoms with Crippen LogP contribution in [0.5, 0.6) is 0 Å². The standard InChI is InChI=1S/C69H70BN3S/c1-42-33-60-63-61(34-42)73(57-39-52-50(35-43(57)2)66(6,7)31-32-67(52,8)9)59-40-53-51(68(10,11)41-69(53,12)13)38-55(59)70(63)54-30-28-47(71(45-21-16-14-17-22-45)46-23-18-15-19-24-46)37-58(54)72(60)56-26-20-25-49-48-29-27-44(65(3,4)5)36-62(48)74-64(49)56/h14-30,33-40H,31-32,41H2,1-13H3/i1D3. The Balaban J connectivity index is 1.17. The summed E-state index contributed by atoms with van der Waals surface area (Å²) < 4.78 is 30.5. The van der Waals surface area contributed by atoms with Gasteiger partial charge in [-0.1, -0.05) is 155 Å². The predicted octanol–water partition coefficient (Wildman–Crippen LogP) is 17.8. The van der Waals surface area contributed by atoms with E-state index in [0.29, 0.717) is 5.56 Å². The van der Waals surface area contributed by atoms with Crippen LogP contribution < -0.4 is 31.1 Å². The Hall–Kier alpha value is -6.56. The molecule has 1 aromatic heterocycles. The van der Waals surface area contributed by atoms with E-state index in [9.17, 15) is 4.11 Å². The van der Waals surface area contributed by atoms with Gasteiger partial charge in [0.25, 0.3) is 6.71 Å².